The predicted octanol–water partition coefficient (Wildman–Crippen LogP) is 3.78. The Hall–Kier alpha value is -2.67. The van der Waals surface area contributed by atoms with Crippen LogP contribution in [0.15, 0.2) is 47.5 Å². The van der Waals surface area contributed by atoms with Crippen molar-refractivity contribution in [1.82, 2.24) is 4.90 Å². The highest BCUT2D eigenvalue weighted by atomic mass is 32.2. The first kappa shape index (κ1) is 21.0. The molecule has 0 spiro atoms. The molecule has 1 aliphatic heterocycles. The molecule has 0 bridgehead atoms. The molecule has 6 nitrogen and oxygen atoms in total. The van der Waals surface area contributed by atoms with Gasteiger partial charge in [0.25, 0.3) is 0 Å². The van der Waals surface area contributed by atoms with Gasteiger partial charge in [-0.15, -0.1) is 0 Å². The van der Waals surface area contributed by atoms with Crippen LogP contribution in [-0.4, -0.2) is 49.6 Å². The number of ether oxygens (including phenoxy) is 3. The van der Waals surface area contributed by atoms with Crippen molar-refractivity contribution >= 4 is 22.8 Å². The predicted molar refractivity (Wildman–Crippen MR) is 116 cm³/mol. The van der Waals surface area contributed by atoms with Gasteiger partial charge in [0.05, 0.1) is 27.9 Å². The summed E-state index contributed by atoms with van der Waals surface area (Å²) in [6.45, 7) is 1.28. The molecule has 0 radical (unpaired) electrons. The molecule has 0 unspecified atom stereocenters. The number of benzene rings is 2. The Labute approximate surface area is 175 Å². The molecule has 2 aromatic carbocycles. The van der Waals surface area contributed by atoms with Gasteiger partial charge in [-0.3, -0.25) is 14.7 Å². The molecule has 1 fully saturated rings. The summed E-state index contributed by atoms with van der Waals surface area (Å²) in [4.78, 5) is 19.3. The third-order valence-corrected chi connectivity index (χ3v) is 5.66. The molecule has 0 aliphatic carbocycles. The Balaban J connectivity index is 1.65. The number of rotatable bonds is 8. The van der Waals surface area contributed by atoms with E-state index in [9.17, 15) is 4.79 Å². The monoisotopic (exact) mass is 414 g/mol. The quantitative estimate of drug-likeness (QED) is 0.658. The number of amidine groups is 1. The van der Waals surface area contributed by atoms with Gasteiger partial charge in [0.2, 0.25) is 11.7 Å². The van der Waals surface area contributed by atoms with Gasteiger partial charge >= 0.3 is 0 Å². The first-order chi connectivity index (χ1) is 14.2. The standard InChI is InChI=1S/C22H26N2O4S/c1-26-18-13-17(14-19(27-2)21(18)28-3)9-10-20(25)24-11-12-29-22(24)23-15-16-7-5-4-6-8-16/h4-8,13-14H,9-12,15H2,1-3H3. The summed E-state index contributed by atoms with van der Waals surface area (Å²) in [5, 5.41) is 0.809. The highest BCUT2D eigenvalue weighted by molar-refractivity contribution is 8.14. The number of hydrogen-bond acceptors (Lipinski definition) is 6. The number of aliphatic imine (C=N–C) groups is 1. The van der Waals surface area contributed by atoms with E-state index in [2.05, 4.69) is 4.99 Å². The van der Waals surface area contributed by atoms with Crippen LogP contribution < -0.4 is 14.2 Å². The summed E-state index contributed by atoms with van der Waals surface area (Å²) in [5.74, 6) is 2.70. The maximum absolute atomic E-state index is 12.8. The second-order valence-electron chi connectivity index (χ2n) is 6.51. The van der Waals surface area contributed by atoms with Gasteiger partial charge in [-0.05, 0) is 29.7 Å². The summed E-state index contributed by atoms with van der Waals surface area (Å²) in [5.41, 5.74) is 2.10. The summed E-state index contributed by atoms with van der Waals surface area (Å²) in [6.07, 6.45) is 0.978. The van der Waals surface area contributed by atoms with Gasteiger partial charge < -0.3 is 14.2 Å². The van der Waals surface area contributed by atoms with Crippen molar-refractivity contribution in [2.45, 2.75) is 19.4 Å². The second-order valence-corrected chi connectivity index (χ2v) is 7.57. The minimum atomic E-state index is 0.0792. The molecule has 1 aliphatic rings. The molecule has 0 atom stereocenters. The van der Waals surface area contributed by atoms with E-state index in [-0.39, 0.29) is 5.91 Å². The number of carbonyl (C=O) groups excluding carboxylic acids is 1. The van der Waals surface area contributed by atoms with Crippen molar-refractivity contribution in [3.05, 3.63) is 53.6 Å². The lowest BCUT2D eigenvalue weighted by atomic mass is 10.1. The van der Waals surface area contributed by atoms with E-state index in [4.69, 9.17) is 14.2 Å². The summed E-state index contributed by atoms with van der Waals surface area (Å²) in [6, 6.07) is 13.8. The molecule has 1 amide bonds. The third-order valence-electron chi connectivity index (χ3n) is 4.67. The van der Waals surface area contributed by atoms with Crippen molar-refractivity contribution in [2.24, 2.45) is 4.99 Å². The van der Waals surface area contributed by atoms with Gasteiger partial charge in [-0.2, -0.15) is 0 Å². The molecule has 7 heteroatoms. The first-order valence-corrected chi connectivity index (χ1v) is 10.4. The molecule has 0 N–H and O–H groups in total. The third kappa shape index (κ3) is 5.23. The maximum atomic E-state index is 12.8. The van der Waals surface area contributed by atoms with E-state index in [1.165, 1.54) is 0 Å². The average molecular weight is 415 g/mol. The van der Waals surface area contributed by atoms with Crippen LogP contribution in [0, 0.1) is 0 Å². The second kappa shape index (κ2) is 10.2. The van der Waals surface area contributed by atoms with Crippen molar-refractivity contribution < 1.29 is 19.0 Å². The van der Waals surface area contributed by atoms with Gasteiger partial charge in [0.15, 0.2) is 16.7 Å². The molecule has 0 aromatic heterocycles. The highest BCUT2D eigenvalue weighted by Gasteiger charge is 2.25. The highest BCUT2D eigenvalue weighted by Crippen LogP contribution is 2.38. The van der Waals surface area contributed by atoms with Crippen LogP contribution >= 0.6 is 11.8 Å². The Kier molecular flexibility index (Phi) is 7.41. The largest absolute Gasteiger partial charge is 0.493 e. The minimum Gasteiger partial charge on any atom is -0.493 e. The Morgan fingerprint density at radius 2 is 1.72 bits per heavy atom. The first-order valence-electron chi connectivity index (χ1n) is 9.46. The molecule has 2 aromatic rings. The van der Waals surface area contributed by atoms with Crippen LogP contribution in [0.1, 0.15) is 17.5 Å². The average Bonchev–Trinajstić information content (AvgIpc) is 3.24. The van der Waals surface area contributed by atoms with Crippen LogP contribution in [-0.2, 0) is 17.8 Å². The Morgan fingerprint density at radius 3 is 2.34 bits per heavy atom. The fourth-order valence-corrected chi connectivity index (χ4v) is 4.13. The molecule has 1 saturated heterocycles. The molecule has 0 saturated carbocycles. The number of aryl methyl sites for hydroxylation is 1. The zero-order chi connectivity index (χ0) is 20.6. The molecule has 154 valence electrons. The van der Waals surface area contributed by atoms with E-state index in [0.29, 0.717) is 43.2 Å². The van der Waals surface area contributed by atoms with Gasteiger partial charge in [0.1, 0.15) is 0 Å². The number of hydrogen-bond donors (Lipinski definition) is 0. The van der Waals surface area contributed by atoms with Crippen molar-refractivity contribution in [3.8, 4) is 17.2 Å². The smallest absolute Gasteiger partial charge is 0.228 e. The SMILES string of the molecule is COc1cc(CCC(=O)N2CCSC2=NCc2ccccc2)cc(OC)c1OC. The fraction of sp³-hybridized carbons (Fsp3) is 0.364. The molecule has 29 heavy (non-hydrogen) atoms. The molecular weight excluding hydrogens is 388 g/mol. The molecular formula is C22H26N2O4S. The fourth-order valence-electron chi connectivity index (χ4n) is 3.17. The molecule has 1 heterocycles. The lowest BCUT2D eigenvalue weighted by Gasteiger charge is -2.17. The topological polar surface area (TPSA) is 60.4 Å². The minimum absolute atomic E-state index is 0.0792. The van der Waals surface area contributed by atoms with Crippen LogP contribution in [0.5, 0.6) is 17.2 Å². The lowest BCUT2D eigenvalue weighted by molar-refractivity contribution is -0.126. The number of thioether (sulfide) groups is 1. The van der Waals surface area contributed by atoms with Gasteiger partial charge in [-0.1, -0.05) is 42.1 Å². The van der Waals surface area contributed by atoms with Crippen molar-refractivity contribution in [3.63, 3.8) is 0 Å². The normalized spacial score (nSPS) is 14.9. The zero-order valence-electron chi connectivity index (χ0n) is 17.0. The van der Waals surface area contributed by atoms with E-state index in [0.717, 1.165) is 22.0 Å². The number of amides is 1. The zero-order valence-corrected chi connectivity index (χ0v) is 17.8. The number of carbonyl (C=O) groups is 1. The van der Waals surface area contributed by atoms with Crippen molar-refractivity contribution in [2.75, 3.05) is 33.6 Å². The summed E-state index contributed by atoms with van der Waals surface area (Å²) < 4.78 is 16.1. The maximum Gasteiger partial charge on any atom is 0.228 e. The summed E-state index contributed by atoms with van der Waals surface area (Å²) in [7, 11) is 4.75. The lowest BCUT2D eigenvalue weighted by Crippen LogP contribution is -2.32. The van der Waals surface area contributed by atoms with Crippen LogP contribution in [0.25, 0.3) is 0 Å². The van der Waals surface area contributed by atoms with Gasteiger partial charge in [-0.25, -0.2) is 0 Å². The van der Waals surface area contributed by atoms with Gasteiger partial charge in [0, 0.05) is 18.7 Å². The Morgan fingerprint density at radius 1 is 1.03 bits per heavy atom. The van der Waals surface area contributed by atoms with Crippen molar-refractivity contribution in [1.29, 1.82) is 0 Å². The number of nitrogens with zero attached hydrogens (tertiary/aromatic N) is 2. The van der Waals surface area contributed by atoms with E-state index in [1.807, 2.05) is 42.5 Å². The van der Waals surface area contributed by atoms with E-state index >= 15 is 0 Å². The van der Waals surface area contributed by atoms with E-state index in [1.54, 1.807) is 38.0 Å². The molecule has 3 rings (SSSR count). The van der Waals surface area contributed by atoms with Crippen LogP contribution in [0.2, 0.25) is 0 Å². The summed E-state index contributed by atoms with van der Waals surface area (Å²) >= 11 is 1.64. The Bertz CT molecular complexity index is 845. The van der Waals surface area contributed by atoms with Crippen LogP contribution in [0.3, 0.4) is 0 Å². The van der Waals surface area contributed by atoms with E-state index < -0.39 is 0 Å². The van der Waals surface area contributed by atoms with Crippen LogP contribution in [0.4, 0.5) is 0 Å². The number of methoxy groups -OCH3 is 3.